The lowest BCUT2D eigenvalue weighted by Gasteiger charge is -2.31. The summed E-state index contributed by atoms with van der Waals surface area (Å²) in [5.74, 6) is 2.33. The molecule has 1 aromatic heterocycles. The minimum atomic E-state index is 0.160. The van der Waals surface area contributed by atoms with Gasteiger partial charge >= 0.3 is 0 Å². The van der Waals surface area contributed by atoms with Crippen molar-refractivity contribution in [2.75, 3.05) is 31.2 Å². The van der Waals surface area contributed by atoms with E-state index in [-0.39, 0.29) is 6.10 Å². The number of hydrogen-bond acceptors (Lipinski definition) is 7. The molecule has 1 N–H and O–H groups in total. The number of anilines is 1. The quantitative estimate of drug-likeness (QED) is 0.549. The number of amidine groups is 1. The number of hydrogen-bond donors (Lipinski definition) is 1. The zero-order valence-electron chi connectivity index (χ0n) is 19.0. The molecule has 4 rings (SSSR count). The first-order chi connectivity index (χ1) is 15.7. The van der Waals surface area contributed by atoms with E-state index in [1.807, 2.05) is 19.9 Å². The molecular weight excluding hydrogens is 404 g/mol. The Bertz CT molecular complexity index is 991. The Balaban J connectivity index is 1.43. The number of morpholine rings is 1. The van der Waals surface area contributed by atoms with Gasteiger partial charge in [-0.1, -0.05) is 0 Å². The minimum absolute atomic E-state index is 0.160. The Morgan fingerprint density at radius 2 is 1.94 bits per heavy atom. The molecule has 8 heteroatoms. The molecule has 1 saturated heterocycles. The van der Waals surface area contributed by atoms with Crippen LogP contribution in [0, 0.1) is 0 Å². The van der Waals surface area contributed by atoms with Gasteiger partial charge in [-0.2, -0.15) is 0 Å². The Labute approximate surface area is 189 Å². The maximum absolute atomic E-state index is 6.51. The van der Waals surface area contributed by atoms with Crippen LogP contribution in [0.25, 0.3) is 11.0 Å². The molecule has 1 aliphatic carbocycles. The molecule has 0 bridgehead atoms. The number of benzene rings is 1. The third-order valence-electron chi connectivity index (χ3n) is 6.00. The van der Waals surface area contributed by atoms with Gasteiger partial charge in [0.25, 0.3) is 0 Å². The molecule has 0 radical (unpaired) electrons. The predicted octanol–water partition coefficient (Wildman–Crippen LogP) is 3.73. The monoisotopic (exact) mass is 436 g/mol. The molecular formula is C24H32N6O2. The van der Waals surface area contributed by atoms with E-state index in [4.69, 9.17) is 9.47 Å². The zero-order chi connectivity index (χ0) is 22.3. The lowest BCUT2D eigenvalue weighted by Crippen LogP contribution is -2.36. The molecule has 0 amide bonds. The summed E-state index contributed by atoms with van der Waals surface area (Å²) in [7, 11) is 0. The highest BCUT2D eigenvalue weighted by atomic mass is 16.5. The molecule has 2 aliphatic rings. The number of aliphatic imine (C=N–C) groups is 2. The van der Waals surface area contributed by atoms with Crippen molar-refractivity contribution in [3.05, 3.63) is 36.4 Å². The number of nitrogens with zero attached hydrogens (tertiary/aromatic N) is 5. The third-order valence-corrected chi connectivity index (χ3v) is 6.00. The van der Waals surface area contributed by atoms with E-state index in [9.17, 15) is 0 Å². The van der Waals surface area contributed by atoms with Gasteiger partial charge in [0.15, 0.2) is 0 Å². The average Bonchev–Trinajstić information content (AvgIpc) is 2.85. The smallest absolute Gasteiger partial charge is 0.149 e. The summed E-state index contributed by atoms with van der Waals surface area (Å²) in [6.07, 6.45) is 9.57. The van der Waals surface area contributed by atoms with Crippen LogP contribution in [-0.4, -0.2) is 61.0 Å². The first-order valence-corrected chi connectivity index (χ1v) is 11.3. The summed E-state index contributed by atoms with van der Waals surface area (Å²) in [5.41, 5.74) is 2.81. The molecule has 0 spiro atoms. The predicted molar refractivity (Wildman–Crippen MR) is 129 cm³/mol. The summed E-state index contributed by atoms with van der Waals surface area (Å²) >= 11 is 0. The molecule has 2 heterocycles. The summed E-state index contributed by atoms with van der Waals surface area (Å²) in [4.78, 5) is 19.7. The van der Waals surface area contributed by atoms with Crippen LogP contribution in [0.4, 0.5) is 5.69 Å². The molecule has 8 nitrogen and oxygen atoms in total. The van der Waals surface area contributed by atoms with Crippen LogP contribution in [0.2, 0.25) is 0 Å². The first kappa shape index (κ1) is 22.2. The number of fused-ring (bicyclic) bond motifs is 1. The zero-order valence-corrected chi connectivity index (χ0v) is 19.0. The maximum atomic E-state index is 6.51. The van der Waals surface area contributed by atoms with Crippen LogP contribution in [0.5, 0.6) is 5.75 Å². The van der Waals surface area contributed by atoms with Gasteiger partial charge in [0.05, 0.1) is 24.8 Å². The molecule has 2 aromatic rings. The number of ether oxygens (including phenoxy) is 2. The molecule has 1 aromatic carbocycles. The van der Waals surface area contributed by atoms with Gasteiger partial charge in [0.1, 0.15) is 22.9 Å². The van der Waals surface area contributed by atoms with Gasteiger partial charge in [-0.15, -0.1) is 0 Å². The summed E-state index contributed by atoms with van der Waals surface area (Å²) in [6.45, 7) is 10.6. The van der Waals surface area contributed by atoms with Gasteiger partial charge in [0, 0.05) is 43.3 Å². The molecule has 170 valence electrons. The second kappa shape index (κ2) is 10.5. The average molecular weight is 437 g/mol. The van der Waals surface area contributed by atoms with Crippen molar-refractivity contribution in [2.24, 2.45) is 9.98 Å². The van der Waals surface area contributed by atoms with Crippen molar-refractivity contribution in [3.8, 4) is 5.75 Å². The van der Waals surface area contributed by atoms with Crippen molar-refractivity contribution >= 4 is 29.3 Å². The fraction of sp³-hybridized carbons (Fsp3) is 0.500. The Morgan fingerprint density at radius 1 is 1.19 bits per heavy atom. The Hall–Kier alpha value is -3.00. The standard InChI is InChI=1S/C24H32N6O2/c1-4-23(28-17(2)25-3)29-18-5-7-20(8-6-18)32-22-16-19(30-11-13-31-14-12-30)15-21-24(22)27-10-9-26-21/h4,9-10,15-16,18,20,29H,3,5-8,11-14H2,1-2H3/b23-4+,28-17?. The van der Waals surface area contributed by atoms with Crippen LogP contribution in [0.15, 0.2) is 46.4 Å². The van der Waals surface area contributed by atoms with Crippen LogP contribution in [0.3, 0.4) is 0 Å². The van der Waals surface area contributed by atoms with E-state index in [0.717, 1.165) is 80.3 Å². The molecule has 2 fully saturated rings. The fourth-order valence-electron chi connectivity index (χ4n) is 4.23. The largest absolute Gasteiger partial charge is 0.488 e. The number of aromatic nitrogens is 2. The van der Waals surface area contributed by atoms with E-state index >= 15 is 0 Å². The number of rotatable bonds is 6. The lowest BCUT2D eigenvalue weighted by molar-refractivity contribution is 0.122. The van der Waals surface area contributed by atoms with Crippen molar-refractivity contribution in [2.45, 2.75) is 51.7 Å². The highest BCUT2D eigenvalue weighted by molar-refractivity contribution is 5.85. The highest BCUT2D eigenvalue weighted by Crippen LogP contribution is 2.33. The number of nitrogens with one attached hydrogen (secondary N) is 1. The lowest BCUT2D eigenvalue weighted by atomic mass is 9.93. The van der Waals surface area contributed by atoms with Crippen LogP contribution in [0.1, 0.15) is 39.5 Å². The van der Waals surface area contributed by atoms with E-state index in [2.05, 4.69) is 49.0 Å². The SMILES string of the molecule is C=NC(C)=N/C(=C\C)NC1CCC(Oc2cc(N3CCOCC3)cc3nccnc23)CC1. The highest BCUT2D eigenvalue weighted by Gasteiger charge is 2.24. The van der Waals surface area contributed by atoms with Gasteiger partial charge in [-0.05, 0) is 58.4 Å². The summed E-state index contributed by atoms with van der Waals surface area (Å²) in [5, 5.41) is 3.53. The molecule has 32 heavy (non-hydrogen) atoms. The van der Waals surface area contributed by atoms with E-state index in [0.29, 0.717) is 11.9 Å². The van der Waals surface area contributed by atoms with Crippen molar-refractivity contribution in [1.82, 2.24) is 15.3 Å². The van der Waals surface area contributed by atoms with E-state index < -0.39 is 0 Å². The molecule has 0 atom stereocenters. The second-order valence-corrected chi connectivity index (χ2v) is 8.19. The molecule has 0 unspecified atom stereocenters. The Morgan fingerprint density at radius 3 is 2.66 bits per heavy atom. The summed E-state index contributed by atoms with van der Waals surface area (Å²) in [6, 6.07) is 4.59. The topological polar surface area (TPSA) is 84.2 Å². The van der Waals surface area contributed by atoms with Crippen molar-refractivity contribution in [3.63, 3.8) is 0 Å². The van der Waals surface area contributed by atoms with Gasteiger partial charge < -0.3 is 19.7 Å². The van der Waals surface area contributed by atoms with Crippen LogP contribution < -0.4 is 15.0 Å². The minimum Gasteiger partial charge on any atom is -0.488 e. The first-order valence-electron chi connectivity index (χ1n) is 11.3. The van der Waals surface area contributed by atoms with E-state index in [1.54, 1.807) is 12.4 Å². The van der Waals surface area contributed by atoms with Crippen molar-refractivity contribution < 1.29 is 9.47 Å². The fourth-order valence-corrected chi connectivity index (χ4v) is 4.23. The molecule has 1 aliphatic heterocycles. The maximum Gasteiger partial charge on any atom is 0.149 e. The van der Waals surface area contributed by atoms with Crippen LogP contribution in [-0.2, 0) is 4.74 Å². The normalized spacial score (nSPS) is 22.6. The molecule has 1 saturated carbocycles. The van der Waals surface area contributed by atoms with Gasteiger partial charge in [0.2, 0.25) is 0 Å². The van der Waals surface area contributed by atoms with Crippen molar-refractivity contribution in [1.29, 1.82) is 0 Å². The second-order valence-electron chi connectivity index (χ2n) is 8.19. The van der Waals surface area contributed by atoms with E-state index in [1.165, 1.54) is 0 Å². The summed E-state index contributed by atoms with van der Waals surface area (Å²) < 4.78 is 12.0. The van der Waals surface area contributed by atoms with Gasteiger partial charge in [-0.3, -0.25) is 4.98 Å². The Kier molecular flexibility index (Phi) is 7.32. The van der Waals surface area contributed by atoms with Crippen LogP contribution >= 0.6 is 0 Å². The third kappa shape index (κ3) is 5.43. The van der Waals surface area contributed by atoms with Gasteiger partial charge in [-0.25, -0.2) is 15.0 Å². The number of allylic oxidation sites excluding steroid dienone is 1.